The Kier molecular flexibility index (Phi) is 7.58. The molecule has 0 bridgehead atoms. The Hall–Kier alpha value is -2.29. The second kappa shape index (κ2) is 10.1. The number of nitrogens with zero attached hydrogens (tertiary/aromatic N) is 3. The van der Waals surface area contributed by atoms with Crippen molar-refractivity contribution in [3.05, 3.63) is 48.5 Å². The van der Waals surface area contributed by atoms with Crippen LogP contribution in [-0.4, -0.2) is 73.9 Å². The van der Waals surface area contributed by atoms with E-state index in [1.165, 1.54) is 4.31 Å². The molecule has 1 aliphatic heterocycles. The SMILES string of the molecule is COc1ccc(N(CCCN(C)C)S(=O)(=O)c2ccccc2)c(N2CCOCC2)c1. The molecule has 7 nitrogen and oxygen atoms in total. The summed E-state index contributed by atoms with van der Waals surface area (Å²) in [6.45, 7) is 3.82. The molecule has 2 aromatic carbocycles. The predicted octanol–water partition coefficient (Wildman–Crippen LogP) is 2.68. The van der Waals surface area contributed by atoms with Crippen LogP contribution in [0.25, 0.3) is 0 Å². The van der Waals surface area contributed by atoms with E-state index in [2.05, 4.69) is 9.80 Å². The number of rotatable bonds is 9. The number of benzene rings is 2. The van der Waals surface area contributed by atoms with Crippen molar-refractivity contribution in [1.29, 1.82) is 0 Å². The number of hydrogen-bond donors (Lipinski definition) is 0. The summed E-state index contributed by atoms with van der Waals surface area (Å²) >= 11 is 0. The molecule has 0 atom stereocenters. The zero-order valence-electron chi connectivity index (χ0n) is 18.0. The highest BCUT2D eigenvalue weighted by Crippen LogP contribution is 2.36. The monoisotopic (exact) mass is 433 g/mol. The number of anilines is 2. The van der Waals surface area contributed by atoms with E-state index in [0.29, 0.717) is 55.6 Å². The molecule has 0 saturated carbocycles. The van der Waals surface area contributed by atoms with Gasteiger partial charge in [0.15, 0.2) is 0 Å². The molecule has 1 fully saturated rings. The number of morpholine rings is 1. The average molecular weight is 434 g/mol. The van der Waals surface area contributed by atoms with E-state index in [1.54, 1.807) is 31.4 Å². The van der Waals surface area contributed by atoms with Crippen molar-refractivity contribution in [1.82, 2.24) is 4.90 Å². The minimum absolute atomic E-state index is 0.290. The van der Waals surface area contributed by atoms with E-state index in [0.717, 1.165) is 12.2 Å². The largest absolute Gasteiger partial charge is 0.497 e. The second-order valence-electron chi connectivity index (χ2n) is 7.50. The summed E-state index contributed by atoms with van der Waals surface area (Å²) in [5.74, 6) is 0.700. The van der Waals surface area contributed by atoms with Gasteiger partial charge in [-0.3, -0.25) is 4.31 Å². The van der Waals surface area contributed by atoms with Crippen molar-refractivity contribution in [2.45, 2.75) is 11.3 Å². The van der Waals surface area contributed by atoms with Crippen molar-refractivity contribution >= 4 is 21.4 Å². The lowest BCUT2D eigenvalue weighted by atomic mass is 10.2. The molecule has 164 valence electrons. The van der Waals surface area contributed by atoms with Gasteiger partial charge in [-0.2, -0.15) is 0 Å². The molecule has 1 saturated heterocycles. The van der Waals surface area contributed by atoms with E-state index in [4.69, 9.17) is 9.47 Å². The zero-order chi connectivity index (χ0) is 21.6. The Morgan fingerprint density at radius 1 is 1.03 bits per heavy atom. The number of ether oxygens (including phenoxy) is 2. The lowest BCUT2D eigenvalue weighted by Gasteiger charge is -2.34. The highest BCUT2D eigenvalue weighted by Gasteiger charge is 2.28. The minimum atomic E-state index is -3.72. The summed E-state index contributed by atoms with van der Waals surface area (Å²) in [6.07, 6.45) is 0.716. The zero-order valence-corrected chi connectivity index (χ0v) is 18.8. The Labute approximate surface area is 179 Å². The normalized spacial score (nSPS) is 14.7. The van der Waals surface area contributed by atoms with Crippen LogP contribution in [-0.2, 0) is 14.8 Å². The van der Waals surface area contributed by atoms with Gasteiger partial charge in [0.05, 0.1) is 36.6 Å². The maximum Gasteiger partial charge on any atom is 0.264 e. The van der Waals surface area contributed by atoms with E-state index in [1.807, 2.05) is 38.4 Å². The fraction of sp³-hybridized carbons (Fsp3) is 0.455. The van der Waals surface area contributed by atoms with Gasteiger partial charge in [0.1, 0.15) is 5.75 Å². The molecule has 0 aliphatic carbocycles. The summed E-state index contributed by atoms with van der Waals surface area (Å²) in [6, 6.07) is 14.2. The molecule has 0 radical (unpaired) electrons. The Morgan fingerprint density at radius 2 is 1.73 bits per heavy atom. The number of methoxy groups -OCH3 is 1. The molecule has 0 unspecified atom stereocenters. The van der Waals surface area contributed by atoms with Crippen LogP contribution in [0.2, 0.25) is 0 Å². The summed E-state index contributed by atoms with van der Waals surface area (Å²) < 4.78 is 39.7. The maximum absolute atomic E-state index is 13.6. The van der Waals surface area contributed by atoms with Gasteiger partial charge in [0.2, 0.25) is 0 Å². The summed E-state index contributed by atoms with van der Waals surface area (Å²) in [7, 11) is 1.88. The van der Waals surface area contributed by atoms with Gasteiger partial charge >= 0.3 is 0 Å². The Morgan fingerprint density at radius 3 is 2.37 bits per heavy atom. The maximum atomic E-state index is 13.6. The lowest BCUT2D eigenvalue weighted by Crippen LogP contribution is -2.39. The van der Waals surface area contributed by atoms with Crippen molar-refractivity contribution in [3.8, 4) is 5.75 Å². The van der Waals surface area contributed by atoms with Gasteiger partial charge in [0, 0.05) is 25.7 Å². The van der Waals surface area contributed by atoms with Crippen molar-refractivity contribution in [2.75, 3.05) is 69.8 Å². The third-order valence-electron chi connectivity index (χ3n) is 5.10. The first kappa shape index (κ1) is 22.4. The van der Waals surface area contributed by atoms with Crippen LogP contribution >= 0.6 is 0 Å². The molecule has 1 heterocycles. The summed E-state index contributed by atoms with van der Waals surface area (Å²) in [5.41, 5.74) is 1.52. The minimum Gasteiger partial charge on any atom is -0.497 e. The topological polar surface area (TPSA) is 62.3 Å². The highest BCUT2D eigenvalue weighted by atomic mass is 32.2. The average Bonchev–Trinajstić information content (AvgIpc) is 2.77. The van der Waals surface area contributed by atoms with E-state index >= 15 is 0 Å². The third kappa shape index (κ3) is 5.24. The molecular formula is C22H31N3O4S. The van der Waals surface area contributed by atoms with E-state index < -0.39 is 10.0 Å². The van der Waals surface area contributed by atoms with Gasteiger partial charge in [-0.1, -0.05) is 18.2 Å². The first-order chi connectivity index (χ1) is 14.4. The Bertz CT molecular complexity index is 913. The summed E-state index contributed by atoms with van der Waals surface area (Å²) in [4.78, 5) is 4.52. The molecule has 30 heavy (non-hydrogen) atoms. The van der Waals surface area contributed by atoms with Gasteiger partial charge < -0.3 is 19.3 Å². The predicted molar refractivity (Wildman–Crippen MR) is 120 cm³/mol. The number of hydrogen-bond acceptors (Lipinski definition) is 6. The molecule has 8 heteroatoms. The first-order valence-electron chi connectivity index (χ1n) is 10.2. The van der Waals surface area contributed by atoms with Crippen molar-refractivity contribution in [2.24, 2.45) is 0 Å². The molecular weight excluding hydrogens is 402 g/mol. The van der Waals surface area contributed by atoms with Crippen LogP contribution in [0.4, 0.5) is 11.4 Å². The fourth-order valence-electron chi connectivity index (χ4n) is 3.52. The van der Waals surface area contributed by atoms with Crippen molar-refractivity contribution < 1.29 is 17.9 Å². The van der Waals surface area contributed by atoms with E-state index in [-0.39, 0.29) is 0 Å². The number of sulfonamides is 1. The van der Waals surface area contributed by atoms with Gasteiger partial charge in [-0.15, -0.1) is 0 Å². The second-order valence-corrected chi connectivity index (χ2v) is 9.36. The van der Waals surface area contributed by atoms with Crippen LogP contribution in [0.15, 0.2) is 53.4 Å². The van der Waals surface area contributed by atoms with Crippen LogP contribution in [0, 0.1) is 0 Å². The van der Waals surface area contributed by atoms with Crippen LogP contribution in [0.3, 0.4) is 0 Å². The fourth-order valence-corrected chi connectivity index (χ4v) is 5.06. The third-order valence-corrected chi connectivity index (χ3v) is 6.93. The molecule has 3 rings (SSSR count). The quantitative estimate of drug-likeness (QED) is 0.606. The van der Waals surface area contributed by atoms with Crippen LogP contribution < -0.4 is 13.9 Å². The first-order valence-corrected chi connectivity index (χ1v) is 11.6. The van der Waals surface area contributed by atoms with Crippen LogP contribution in [0.5, 0.6) is 5.75 Å². The van der Waals surface area contributed by atoms with Gasteiger partial charge in [-0.05, 0) is 51.3 Å². The van der Waals surface area contributed by atoms with Gasteiger partial charge in [-0.25, -0.2) is 8.42 Å². The van der Waals surface area contributed by atoms with Crippen molar-refractivity contribution in [3.63, 3.8) is 0 Å². The molecule has 0 amide bonds. The smallest absolute Gasteiger partial charge is 0.264 e. The molecule has 0 spiro atoms. The van der Waals surface area contributed by atoms with Gasteiger partial charge in [0.25, 0.3) is 10.0 Å². The molecule has 2 aromatic rings. The molecule has 1 aliphatic rings. The standard InChI is InChI=1S/C22H31N3O4S/c1-23(2)12-7-13-25(30(26,27)20-8-5-4-6-9-20)21-11-10-19(28-3)18-22(21)24-14-16-29-17-15-24/h4-6,8-11,18H,7,12-17H2,1-3H3. The van der Waals surface area contributed by atoms with E-state index in [9.17, 15) is 8.42 Å². The summed E-state index contributed by atoms with van der Waals surface area (Å²) in [5, 5.41) is 0. The highest BCUT2D eigenvalue weighted by molar-refractivity contribution is 7.92. The van der Waals surface area contributed by atoms with Crippen LogP contribution in [0.1, 0.15) is 6.42 Å². The lowest BCUT2D eigenvalue weighted by molar-refractivity contribution is 0.122. The Balaban J connectivity index is 2.06. The molecule has 0 N–H and O–H groups in total. The molecule has 0 aromatic heterocycles.